The van der Waals surface area contributed by atoms with Crippen molar-refractivity contribution in [2.24, 2.45) is 0 Å². The van der Waals surface area contributed by atoms with E-state index in [0.717, 1.165) is 6.42 Å². The number of carboxylic acids is 1. The van der Waals surface area contributed by atoms with E-state index in [9.17, 15) is 4.79 Å². The van der Waals surface area contributed by atoms with Crippen molar-refractivity contribution < 1.29 is 9.90 Å². The first-order valence-corrected chi connectivity index (χ1v) is 6.11. The Morgan fingerprint density at radius 3 is 2.93 bits per heavy atom. The Morgan fingerprint density at radius 2 is 2.36 bits per heavy atom. The van der Waals surface area contributed by atoms with E-state index in [2.05, 4.69) is 18.2 Å². The molecule has 1 rings (SSSR count). The Balaban J connectivity index is 2.30. The van der Waals surface area contributed by atoms with Crippen LogP contribution in [-0.2, 0) is 4.79 Å². The summed E-state index contributed by atoms with van der Waals surface area (Å²) in [4.78, 5) is 10.5. The molecule has 1 aliphatic carbocycles. The van der Waals surface area contributed by atoms with Gasteiger partial charge in [-0.15, -0.1) is 0 Å². The average Bonchev–Trinajstić information content (AvgIpc) is 2.60. The summed E-state index contributed by atoms with van der Waals surface area (Å²) in [5.74, 6) is -0.906. The zero-order valence-electron chi connectivity index (χ0n) is 8.45. The lowest BCUT2D eigenvalue weighted by Crippen LogP contribution is -2.36. The predicted molar refractivity (Wildman–Crippen MR) is 59.7 cm³/mol. The molecule has 0 radical (unpaired) electrons. The maximum atomic E-state index is 10.5. The van der Waals surface area contributed by atoms with Gasteiger partial charge in [-0.1, -0.05) is 13.0 Å². The molecule has 0 aromatic carbocycles. The summed E-state index contributed by atoms with van der Waals surface area (Å²) >= 11 is 1.86. The van der Waals surface area contributed by atoms with Gasteiger partial charge in [-0.3, -0.25) is 0 Å². The normalized spacial score (nSPS) is 26.4. The minimum absolute atomic E-state index is 0.247. The Labute approximate surface area is 89.0 Å². The Kier molecular flexibility index (Phi) is 4.48. The quantitative estimate of drug-likeness (QED) is 0.682. The van der Waals surface area contributed by atoms with Crippen molar-refractivity contribution in [2.45, 2.75) is 30.6 Å². The molecule has 14 heavy (non-hydrogen) atoms. The molecule has 4 heteroatoms. The van der Waals surface area contributed by atoms with Crippen molar-refractivity contribution >= 4 is 17.7 Å². The second-order valence-electron chi connectivity index (χ2n) is 3.60. The molecule has 0 bridgehead atoms. The number of thioether (sulfide) groups is 1. The first kappa shape index (κ1) is 11.6. The molecule has 0 saturated heterocycles. The van der Waals surface area contributed by atoms with E-state index in [1.54, 1.807) is 0 Å². The monoisotopic (exact) mass is 215 g/mol. The second-order valence-corrected chi connectivity index (χ2v) is 4.68. The maximum absolute atomic E-state index is 10.5. The highest BCUT2D eigenvalue weighted by atomic mass is 32.2. The molecule has 0 aromatic rings. The van der Waals surface area contributed by atoms with Crippen LogP contribution in [0.3, 0.4) is 0 Å². The van der Waals surface area contributed by atoms with Gasteiger partial charge < -0.3 is 10.4 Å². The van der Waals surface area contributed by atoms with Gasteiger partial charge >= 0.3 is 5.97 Å². The van der Waals surface area contributed by atoms with Gasteiger partial charge in [-0.2, -0.15) is 11.8 Å². The Bertz CT molecular complexity index is 230. The van der Waals surface area contributed by atoms with E-state index in [0.29, 0.717) is 17.8 Å². The van der Waals surface area contributed by atoms with E-state index < -0.39 is 5.97 Å². The average molecular weight is 215 g/mol. The zero-order valence-corrected chi connectivity index (χ0v) is 9.27. The highest BCUT2D eigenvalue weighted by Crippen LogP contribution is 2.28. The van der Waals surface area contributed by atoms with E-state index in [-0.39, 0.29) is 5.57 Å². The van der Waals surface area contributed by atoms with Gasteiger partial charge in [0, 0.05) is 23.4 Å². The third-order valence-corrected chi connectivity index (χ3v) is 3.81. The molecule has 1 saturated carbocycles. The third-order valence-electron chi connectivity index (χ3n) is 2.64. The first-order valence-electron chi connectivity index (χ1n) is 4.82. The minimum atomic E-state index is -0.906. The van der Waals surface area contributed by atoms with Crippen LogP contribution in [0.1, 0.15) is 19.3 Å². The van der Waals surface area contributed by atoms with Crippen molar-refractivity contribution in [1.29, 1.82) is 0 Å². The molecular formula is C10H17NO2S. The van der Waals surface area contributed by atoms with Crippen LogP contribution < -0.4 is 5.32 Å². The number of carbonyl (C=O) groups is 1. The van der Waals surface area contributed by atoms with Crippen molar-refractivity contribution in [3.8, 4) is 0 Å². The number of hydrogen-bond donors (Lipinski definition) is 2. The van der Waals surface area contributed by atoms with Crippen molar-refractivity contribution in [1.82, 2.24) is 5.32 Å². The number of nitrogens with one attached hydrogen (secondary N) is 1. The van der Waals surface area contributed by atoms with Gasteiger partial charge in [0.1, 0.15) is 0 Å². The van der Waals surface area contributed by atoms with Crippen LogP contribution in [0.5, 0.6) is 0 Å². The fraction of sp³-hybridized carbons (Fsp3) is 0.700. The Hall–Kier alpha value is -0.480. The molecule has 2 unspecified atom stereocenters. The number of rotatable bonds is 5. The van der Waals surface area contributed by atoms with Gasteiger partial charge in [0.25, 0.3) is 0 Å². The zero-order chi connectivity index (χ0) is 10.6. The summed E-state index contributed by atoms with van der Waals surface area (Å²) in [6, 6.07) is 0.459. The topological polar surface area (TPSA) is 49.3 Å². The predicted octanol–water partition coefficient (Wildman–Crippen LogP) is 1.50. The molecular weight excluding hydrogens is 198 g/mol. The van der Waals surface area contributed by atoms with Crippen LogP contribution in [0.4, 0.5) is 0 Å². The highest BCUT2D eigenvalue weighted by Gasteiger charge is 2.26. The van der Waals surface area contributed by atoms with Crippen LogP contribution in [-0.4, -0.2) is 35.2 Å². The Morgan fingerprint density at radius 1 is 1.64 bits per heavy atom. The van der Waals surface area contributed by atoms with Crippen LogP contribution in [0.15, 0.2) is 12.2 Å². The van der Waals surface area contributed by atoms with Gasteiger partial charge in [-0.25, -0.2) is 4.79 Å². The molecule has 0 spiro atoms. The molecule has 2 atom stereocenters. The third kappa shape index (κ3) is 3.03. The summed E-state index contributed by atoms with van der Waals surface area (Å²) in [7, 11) is 0. The number of hydrogen-bond acceptors (Lipinski definition) is 3. The van der Waals surface area contributed by atoms with Crippen LogP contribution in [0, 0.1) is 0 Å². The highest BCUT2D eigenvalue weighted by molar-refractivity contribution is 7.99. The summed E-state index contributed by atoms with van der Waals surface area (Å²) in [5, 5.41) is 12.5. The molecule has 80 valence electrons. The lowest BCUT2D eigenvalue weighted by Gasteiger charge is -2.18. The van der Waals surface area contributed by atoms with E-state index in [1.807, 2.05) is 11.8 Å². The fourth-order valence-corrected chi connectivity index (χ4v) is 2.73. The van der Waals surface area contributed by atoms with Crippen LogP contribution in [0.2, 0.25) is 0 Å². The minimum Gasteiger partial charge on any atom is -0.478 e. The molecule has 3 nitrogen and oxygen atoms in total. The first-order chi connectivity index (χ1) is 6.65. The van der Waals surface area contributed by atoms with E-state index in [1.165, 1.54) is 12.8 Å². The summed E-state index contributed by atoms with van der Waals surface area (Å²) < 4.78 is 0. The van der Waals surface area contributed by atoms with Gasteiger partial charge in [0.2, 0.25) is 0 Å². The molecule has 0 aliphatic heterocycles. The summed E-state index contributed by atoms with van der Waals surface area (Å²) in [6.45, 7) is 3.90. The molecule has 0 heterocycles. The standard InChI is InChI=1S/C10H17NO2S/c1-7(10(12)13)6-11-8-4-3-5-9(8)14-2/h8-9,11H,1,3-6H2,2H3,(H,12,13). The summed E-state index contributed by atoms with van der Waals surface area (Å²) in [6.07, 6.45) is 5.73. The molecule has 1 aliphatic rings. The lowest BCUT2D eigenvalue weighted by atomic mass is 10.2. The van der Waals surface area contributed by atoms with Crippen molar-refractivity contribution in [3.05, 3.63) is 12.2 Å². The lowest BCUT2D eigenvalue weighted by molar-refractivity contribution is -0.132. The largest absolute Gasteiger partial charge is 0.478 e. The van der Waals surface area contributed by atoms with Crippen molar-refractivity contribution in [2.75, 3.05) is 12.8 Å². The number of carboxylic acid groups (broad SMARTS) is 1. The van der Waals surface area contributed by atoms with Crippen LogP contribution >= 0.6 is 11.8 Å². The SMILES string of the molecule is C=C(CNC1CCCC1SC)C(=O)O. The summed E-state index contributed by atoms with van der Waals surface area (Å²) in [5.41, 5.74) is 0.247. The smallest absolute Gasteiger partial charge is 0.332 e. The van der Waals surface area contributed by atoms with Gasteiger partial charge in [0.15, 0.2) is 0 Å². The second kappa shape index (κ2) is 5.41. The molecule has 0 amide bonds. The van der Waals surface area contributed by atoms with E-state index >= 15 is 0 Å². The van der Waals surface area contributed by atoms with Gasteiger partial charge in [0.05, 0.1) is 0 Å². The number of aliphatic carboxylic acids is 1. The van der Waals surface area contributed by atoms with Crippen LogP contribution in [0.25, 0.3) is 0 Å². The van der Waals surface area contributed by atoms with E-state index in [4.69, 9.17) is 5.11 Å². The maximum Gasteiger partial charge on any atom is 0.332 e. The molecule has 1 fully saturated rings. The molecule has 0 aromatic heterocycles. The van der Waals surface area contributed by atoms with Gasteiger partial charge in [-0.05, 0) is 19.1 Å². The molecule has 2 N–H and O–H groups in total. The fourth-order valence-electron chi connectivity index (χ4n) is 1.77. The van der Waals surface area contributed by atoms with Crippen molar-refractivity contribution in [3.63, 3.8) is 0 Å².